The summed E-state index contributed by atoms with van der Waals surface area (Å²) in [5.41, 5.74) is -1.14. The molecular formula is C17H24O4. The van der Waals surface area contributed by atoms with Gasteiger partial charge in [0.15, 0.2) is 5.41 Å². The number of hydrogen-bond acceptors (Lipinski definition) is 4. The number of fused-ring (bicyclic) bond motifs is 1. The molecule has 4 heteroatoms. The second kappa shape index (κ2) is 6.92. The average molecular weight is 292 g/mol. The van der Waals surface area contributed by atoms with Crippen molar-refractivity contribution in [3.05, 3.63) is 24.3 Å². The Bertz CT molecular complexity index is 408. The fourth-order valence-corrected chi connectivity index (χ4v) is 3.30. The molecule has 0 amide bonds. The summed E-state index contributed by atoms with van der Waals surface area (Å²) in [5, 5.41) is 0. The van der Waals surface area contributed by atoms with Crippen LogP contribution < -0.4 is 0 Å². The third-order valence-corrected chi connectivity index (χ3v) is 4.32. The van der Waals surface area contributed by atoms with E-state index in [4.69, 9.17) is 9.47 Å². The Morgan fingerprint density at radius 2 is 1.38 bits per heavy atom. The Morgan fingerprint density at radius 1 is 0.952 bits per heavy atom. The number of esters is 2. The van der Waals surface area contributed by atoms with Gasteiger partial charge in [-0.3, -0.25) is 9.59 Å². The second-order valence-electron chi connectivity index (χ2n) is 5.69. The molecule has 0 saturated heterocycles. The van der Waals surface area contributed by atoms with Gasteiger partial charge in [-0.05, 0) is 51.4 Å². The molecule has 0 aromatic heterocycles. The molecular weight excluding hydrogens is 268 g/mol. The van der Waals surface area contributed by atoms with E-state index in [-0.39, 0.29) is 25.0 Å². The van der Waals surface area contributed by atoms with Gasteiger partial charge in [0, 0.05) is 0 Å². The smallest absolute Gasteiger partial charge is 0.323 e. The van der Waals surface area contributed by atoms with Crippen molar-refractivity contribution in [1.82, 2.24) is 0 Å². The Kier molecular flexibility index (Phi) is 5.21. The van der Waals surface area contributed by atoms with E-state index in [2.05, 4.69) is 24.3 Å². The van der Waals surface area contributed by atoms with Crippen molar-refractivity contribution in [3.63, 3.8) is 0 Å². The largest absolute Gasteiger partial charge is 0.465 e. The number of carbonyl (C=O) groups excluding carboxylic acids is 2. The van der Waals surface area contributed by atoms with E-state index < -0.39 is 17.4 Å². The van der Waals surface area contributed by atoms with Crippen molar-refractivity contribution in [2.75, 3.05) is 13.2 Å². The Hall–Kier alpha value is -1.58. The Balaban J connectivity index is 2.29. The lowest BCUT2D eigenvalue weighted by Crippen LogP contribution is -2.40. The molecule has 0 spiro atoms. The molecule has 0 aliphatic heterocycles. The molecule has 2 atom stereocenters. The third-order valence-electron chi connectivity index (χ3n) is 4.32. The zero-order valence-corrected chi connectivity index (χ0v) is 12.8. The first-order valence-corrected chi connectivity index (χ1v) is 7.81. The molecule has 0 radical (unpaired) electrons. The topological polar surface area (TPSA) is 52.6 Å². The zero-order chi connectivity index (χ0) is 15.3. The monoisotopic (exact) mass is 292 g/mol. The molecule has 2 aliphatic carbocycles. The summed E-state index contributed by atoms with van der Waals surface area (Å²) in [7, 11) is 0. The highest BCUT2D eigenvalue weighted by atomic mass is 16.6. The first kappa shape index (κ1) is 15.8. The van der Waals surface area contributed by atoms with Gasteiger partial charge in [0.05, 0.1) is 13.2 Å². The van der Waals surface area contributed by atoms with E-state index in [1.807, 2.05) is 0 Å². The summed E-state index contributed by atoms with van der Waals surface area (Å²) in [4.78, 5) is 24.9. The summed E-state index contributed by atoms with van der Waals surface area (Å²) >= 11 is 0. The second-order valence-corrected chi connectivity index (χ2v) is 5.69. The third kappa shape index (κ3) is 3.20. The molecule has 0 bridgehead atoms. The van der Waals surface area contributed by atoms with Gasteiger partial charge in [-0.1, -0.05) is 24.3 Å². The van der Waals surface area contributed by atoms with Crippen LogP contribution in [-0.4, -0.2) is 25.2 Å². The predicted octanol–water partition coefficient (Wildman–Crippen LogP) is 3.03. The van der Waals surface area contributed by atoms with E-state index in [1.165, 1.54) is 0 Å². The highest BCUT2D eigenvalue weighted by molar-refractivity contribution is 6.00. The van der Waals surface area contributed by atoms with Crippen molar-refractivity contribution in [2.45, 2.75) is 39.5 Å². The number of carbonyl (C=O) groups is 2. The maximum Gasteiger partial charge on any atom is 0.323 e. The van der Waals surface area contributed by atoms with E-state index in [0.717, 1.165) is 12.8 Å². The highest BCUT2D eigenvalue weighted by Crippen LogP contribution is 2.49. The lowest BCUT2D eigenvalue weighted by atomic mass is 9.85. The maximum absolute atomic E-state index is 12.4. The minimum absolute atomic E-state index is 0.204. The summed E-state index contributed by atoms with van der Waals surface area (Å²) in [6, 6.07) is 0. The Labute approximate surface area is 126 Å². The molecule has 2 aliphatic rings. The van der Waals surface area contributed by atoms with Crippen LogP contribution in [0.3, 0.4) is 0 Å². The number of allylic oxidation sites excluding steroid dienone is 4. The minimum Gasteiger partial charge on any atom is -0.465 e. The highest BCUT2D eigenvalue weighted by Gasteiger charge is 2.56. The first-order chi connectivity index (χ1) is 10.1. The lowest BCUT2D eigenvalue weighted by Gasteiger charge is -2.24. The standard InChI is InChI=1S/C17H24O4/c1-3-20-15(18)17(16(19)21-4-2)11-13-9-7-5-6-8-10-14(13)12-17/h7-10,13-14H,3-6,11-12H2,1-2H3/b9-7-,10-8-/t13-,14-/m1/s1. The van der Waals surface area contributed by atoms with E-state index in [0.29, 0.717) is 12.8 Å². The number of rotatable bonds is 4. The van der Waals surface area contributed by atoms with Gasteiger partial charge in [0.2, 0.25) is 0 Å². The fourth-order valence-electron chi connectivity index (χ4n) is 3.30. The summed E-state index contributed by atoms with van der Waals surface area (Å²) < 4.78 is 10.4. The molecule has 0 heterocycles. The van der Waals surface area contributed by atoms with E-state index >= 15 is 0 Å². The van der Waals surface area contributed by atoms with Gasteiger partial charge < -0.3 is 9.47 Å². The van der Waals surface area contributed by atoms with Gasteiger partial charge in [0.1, 0.15) is 0 Å². The van der Waals surface area contributed by atoms with Gasteiger partial charge >= 0.3 is 11.9 Å². The summed E-state index contributed by atoms with van der Waals surface area (Å²) in [6.07, 6.45) is 11.6. The van der Waals surface area contributed by atoms with Crippen LogP contribution in [0.15, 0.2) is 24.3 Å². The van der Waals surface area contributed by atoms with E-state index in [1.54, 1.807) is 13.8 Å². The summed E-state index contributed by atoms with van der Waals surface area (Å²) in [5.74, 6) is -0.459. The lowest BCUT2D eigenvalue weighted by molar-refractivity contribution is -0.171. The quantitative estimate of drug-likeness (QED) is 0.454. The number of hydrogen-bond donors (Lipinski definition) is 0. The van der Waals surface area contributed by atoms with Crippen LogP contribution in [0.1, 0.15) is 39.5 Å². The fraction of sp³-hybridized carbons (Fsp3) is 0.647. The first-order valence-electron chi connectivity index (χ1n) is 7.81. The van der Waals surface area contributed by atoms with Gasteiger partial charge in [0.25, 0.3) is 0 Å². The average Bonchev–Trinajstić information content (AvgIpc) is 2.79. The predicted molar refractivity (Wildman–Crippen MR) is 79.4 cm³/mol. The zero-order valence-electron chi connectivity index (χ0n) is 12.8. The maximum atomic E-state index is 12.4. The van der Waals surface area contributed by atoms with Crippen LogP contribution in [0.4, 0.5) is 0 Å². The van der Waals surface area contributed by atoms with Crippen LogP contribution in [-0.2, 0) is 19.1 Å². The molecule has 116 valence electrons. The SMILES string of the molecule is CCOC(=O)C1(C(=O)OCC)C[C@H]2/C=C\CC/C=C\[C@@H]2C1. The molecule has 1 fully saturated rings. The molecule has 0 aromatic carbocycles. The van der Waals surface area contributed by atoms with Crippen molar-refractivity contribution in [1.29, 1.82) is 0 Å². The summed E-state index contributed by atoms with van der Waals surface area (Å²) in [6.45, 7) is 4.07. The molecule has 4 nitrogen and oxygen atoms in total. The molecule has 0 aromatic rings. The van der Waals surface area contributed by atoms with E-state index in [9.17, 15) is 9.59 Å². The van der Waals surface area contributed by atoms with Crippen molar-refractivity contribution >= 4 is 11.9 Å². The molecule has 1 saturated carbocycles. The number of ether oxygens (including phenoxy) is 2. The molecule has 2 rings (SSSR count). The van der Waals surface area contributed by atoms with Crippen molar-refractivity contribution in [2.24, 2.45) is 17.3 Å². The molecule has 21 heavy (non-hydrogen) atoms. The molecule has 0 unspecified atom stereocenters. The van der Waals surface area contributed by atoms with Crippen LogP contribution in [0.5, 0.6) is 0 Å². The molecule has 0 N–H and O–H groups in total. The van der Waals surface area contributed by atoms with Gasteiger partial charge in [-0.15, -0.1) is 0 Å². The minimum atomic E-state index is -1.14. The van der Waals surface area contributed by atoms with Crippen LogP contribution in [0.25, 0.3) is 0 Å². The van der Waals surface area contributed by atoms with Gasteiger partial charge in [-0.2, -0.15) is 0 Å². The van der Waals surface area contributed by atoms with Crippen LogP contribution in [0, 0.1) is 17.3 Å². The van der Waals surface area contributed by atoms with Crippen LogP contribution >= 0.6 is 0 Å². The Morgan fingerprint density at radius 3 is 1.76 bits per heavy atom. The van der Waals surface area contributed by atoms with Crippen LogP contribution in [0.2, 0.25) is 0 Å². The van der Waals surface area contributed by atoms with Crippen molar-refractivity contribution in [3.8, 4) is 0 Å². The normalized spacial score (nSPS) is 29.6. The van der Waals surface area contributed by atoms with Gasteiger partial charge in [-0.25, -0.2) is 0 Å². The van der Waals surface area contributed by atoms with Crippen molar-refractivity contribution < 1.29 is 19.1 Å².